The third-order valence-electron chi connectivity index (χ3n) is 4.15. The van der Waals surface area contributed by atoms with Crippen molar-refractivity contribution in [1.82, 2.24) is 9.78 Å². The van der Waals surface area contributed by atoms with Gasteiger partial charge < -0.3 is 0 Å². The van der Waals surface area contributed by atoms with Crippen molar-refractivity contribution in [2.24, 2.45) is 0 Å². The molecule has 2 aromatic carbocycles. The fourth-order valence-corrected chi connectivity index (χ4v) is 3.11. The van der Waals surface area contributed by atoms with Crippen molar-refractivity contribution in [3.8, 4) is 5.69 Å². The molecule has 5 heteroatoms. The molecule has 1 aliphatic heterocycles. The predicted molar refractivity (Wildman–Crippen MR) is 90.6 cm³/mol. The Bertz CT molecular complexity index is 953. The molecule has 4 rings (SSSR count). The minimum atomic E-state index is -0.301. The molecule has 118 valence electrons. The van der Waals surface area contributed by atoms with Gasteiger partial charge in [0.15, 0.2) is 0 Å². The molecule has 0 N–H and O–H groups in total. The van der Waals surface area contributed by atoms with Gasteiger partial charge in [0.1, 0.15) is 0 Å². The summed E-state index contributed by atoms with van der Waals surface area (Å²) in [7, 11) is 0. The van der Waals surface area contributed by atoms with Gasteiger partial charge in [-0.25, -0.2) is 9.58 Å². The first-order valence-corrected chi connectivity index (χ1v) is 7.68. The van der Waals surface area contributed by atoms with E-state index in [1.54, 1.807) is 35.0 Å². The molecule has 0 atom stereocenters. The third kappa shape index (κ3) is 1.98. The van der Waals surface area contributed by atoms with Gasteiger partial charge in [0.2, 0.25) is 0 Å². The van der Waals surface area contributed by atoms with E-state index in [0.717, 1.165) is 11.4 Å². The zero-order valence-corrected chi connectivity index (χ0v) is 13.4. The molecule has 0 radical (unpaired) electrons. The van der Waals surface area contributed by atoms with Gasteiger partial charge in [-0.1, -0.05) is 24.3 Å². The molecule has 3 aromatic rings. The number of hydrogen-bond acceptors (Lipinski definition) is 3. The maximum Gasteiger partial charge on any atom is 0.266 e. The number of benzene rings is 2. The highest BCUT2D eigenvalue weighted by atomic mass is 16.2. The summed E-state index contributed by atoms with van der Waals surface area (Å²) in [5.41, 5.74) is 3.94. The quantitative estimate of drug-likeness (QED) is 0.682. The molecular formula is C19H15N3O2. The van der Waals surface area contributed by atoms with E-state index in [2.05, 4.69) is 5.10 Å². The lowest BCUT2D eigenvalue weighted by molar-refractivity contribution is 0.0926. The second-order valence-corrected chi connectivity index (χ2v) is 5.82. The summed E-state index contributed by atoms with van der Waals surface area (Å²) in [5, 5.41) is 4.48. The van der Waals surface area contributed by atoms with Crippen LogP contribution in [0.25, 0.3) is 5.69 Å². The van der Waals surface area contributed by atoms with Crippen LogP contribution in [-0.2, 0) is 0 Å². The number of carbonyl (C=O) groups excluding carboxylic acids is 2. The van der Waals surface area contributed by atoms with Crippen LogP contribution in [0.2, 0.25) is 0 Å². The van der Waals surface area contributed by atoms with Crippen LogP contribution in [0.5, 0.6) is 0 Å². The maximum absolute atomic E-state index is 12.8. The molecule has 2 amide bonds. The average molecular weight is 317 g/mol. The molecule has 0 saturated carbocycles. The number of imide groups is 1. The van der Waals surface area contributed by atoms with Gasteiger partial charge in [-0.2, -0.15) is 5.10 Å². The molecule has 24 heavy (non-hydrogen) atoms. The number of hydrogen-bond donors (Lipinski definition) is 0. The van der Waals surface area contributed by atoms with Crippen molar-refractivity contribution < 1.29 is 9.59 Å². The van der Waals surface area contributed by atoms with E-state index < -0.39 is 0 Å². The molecule has 1 aromatic heterocycles. The number of aryl methyl sites for hydroxylation is 2. The first-order chi connectivity index (χ1) is 11.6. The summed E-state index contributed by atoms with van der Waals surface area (Å²) in [4.78, 5) is 26.7. The van der Waals surface area contributed by atoms with Gasteiger partial charge in [-0.05, 0) is 44.2 Å². The number of carbonyl (C=O) groups is 2. The third-order valence-corrected chi connectivity index (χ3v) is 4.15. The number of anilines is 1. The average Bonchev–Trinajstić information content (AvgIpc) is 3.05. The van der Waals surface area contributed by atoms with Gasteiger partial charge >= 0.3 is 0 Å². The van der Waals surface area contributed by atoms with E-state index >= 15 is 0 Å². The van der Waals surface area contributed by atoms with E-state index in [4.69, 9.17) is 0 Å². The minimum Gasteiger partial charge on any atom is -0.268 e. The van der Waals surface area contributed by atoms with Gasteiger partial charge in [-0.15, -0.1) is 0 Å². The Balaban J connectivity index is 1.89. The molecule has 0 spiro atoms. The fraction of sp³-hybridized carbons (Fsp3) is 0.105. The molecule has 0 bridgehead atoms. The Hall–Kier alpha value is -3.21. The minimum absolute atomic E-state index is 0.301. The fourth-order valence-electron chi connectivity index (χ4n) is 3.11. The number of amides is 2. The van der Waals surface area contributed by atoms with Gasteiger partial charge in [0.05, 0.1) is 28.2 Å². The second kappa shape index (κ2) is 5.16. The van der Waals surface area contributed by atoms with Crippen molar-refractivity contribution in [3.05, 3.63) is 77.1 Å². The Kier molecular flexibility index (Phi) is 3.09. The van der Waals surface area contributed by atoms with Crippen LogP contribution < -0.4 is 4.90 Å². The summed E-state index contributed by atoms with van der Waals surface area (Å²) in [6.07, 6.45) is 0. The van der Waals surface area contributed by atoms with E-state index in [9.17, 15) is 9.59 Å². The summed E-state index contributed by atoms with van der Waals surface area (Å²) in [6, 6.07) is 16.2. The Labute approximate surface area is 139 Å². The highest BCUT2D eigenvalue weighted by Crippen LogP contribution is 2.32. The van der Waals surface area contributed by atoms with Crippen LogP contribution >= 0.6 is 0 Å². The van der Waals surface area contributed by atoms with Crippen molar-refractivity contribution >= 4 is 17.5 Å². The number of aromatic nitrogens is 2. The normalized spacial score (nSPS) is 13.5. The molecule has 0 unspecified atom stereocenters. The highest BCUT2D eigenvalue weighted by Gasteiger charge is 2.37. The van der Waals surface area contributed by atoms with Crippen molar-refractivity contribution in [3.63, 3.8) is 0 Å². The molecule has 0 aliphatic carbocycles. The van der Waals surface area contributed by atoms with Crippen molar-refractivity contribution in [2.75, 3.05) is 4.90 Å². The number of fused-ring (bicyclic) bond motifs is 1. The van der Waals surface area contributed by atoms with Gasteiger partial charge in [0.25, 0.3) is 11.8 Å². The Morgan fingerprint density at radius 1 is 0.792 bits per heavy atom. The number of para-hydroxylation sites is 2. The van der Waals surface area contributed by atoms with Gasteiger partial charge in [-0.3, -0.25) is 9.59 Å². The van der Waals surface area contributed by atoms with Crippen LogP contribution in [0.4, 0.5) is 5.69 Å². The summed E-state index contributed by atoms with van der Waals surface area (Å²) >= 11 is 0. The molecule has 0 saturated heterocycles. The summed E-state index contributed by atoms with van der Waals surface area (Å²) in [6.45, 7) is 3.85. The van der Waals surface area contributed by atoms with Gasteiger partial charge in [0, 0.05) is 5.69 Å². The molecular weight excluding hydrogens is 302 g/mol. The lowest BCUT2D eigenvalue weighted by Gasteiger charge is -2.18. The van der Waals surface area contributed by atoms with Crippen LogP contribution in [0.1, 0.15) is 32.1 Å². The zero-order chi connectivity index (χ0) is 16.8. The lowest BCUT2D eigenvalue weighted by atomic mass is 10.1. The van der Waals surface area contributed by atoms with Crippen LogP contribution in [0.3, 0.4) is 0 Å². The monoisotopic (exact) mass is 317 g/mol. The number of rotatable bonds is 2. The lowest BCUT2D eigenvalue weighted by Crippen LogP contribution is -2.30. The molecule has 0 fully saturated rings. The molecule has 1 aliphatic rings. The van der Waals surface area contributed by atoms with Crippen molar-refractivity contribution in [1.29, 1.82) is 0 Å². The predicted octanol–water partition coefficient (Wildman–Crippen LogP) is 3.29. The van der Waals surface area contributed by atoms with E-state index in [1.165, 1.54) is 4.90 Å². The Morgan fingerprint density at radius 2 is 1.33 bits per heavy atom. The largest absolute Gasteiger partial charge is 0.268 e. The number of nitrogens with zero attached hydrogens (tertiary/aromatic N) is 3. The summed E-state index contributed by atoms with van der Waals surface area (Å²) < 4.78 is 1.76. The van der Waals surface area contributed by atoms with Crippen LogP contribution in [0.15, 0.2) is 54.6 Å². The van der Waals surface area contributed by atoms with Crippen LogP contribution in [0, 0.1) is 13.8 Å². The van der Waals surface area contributed by atoms with E-state index in [-0.39, 0.29) is 11.8 Å². The topological polar surface area (TPSA) is 55.2 Å². The molecule has 5 nitrogen and oxygen atoms in total. The maximum atomic E-state index is 12.8. The standard InChI is InChI=1S/C19H15N3O2/c1-12-11-13(2)22(20-12)17-10-6-5-9-16(17)21-18(23)14-7-3-4-8-15(14)19(21)24/h3-11H,1-2H3. The Morgan fingerprint density at radius 3 is 1.88 bits per heavy atom. The first-order valence-electron chi connectivity index (χ1n) is 7.68. The van der Waals surface area contributed by atoms with E-state index in [0.29, 0.717) is 22.5 Å². The van der Waals surface area contributed by atoms with E-state index in [1.807, 2.05) is 38.1 Å². The summed E-state index contributed by atoms with van der Waals surface area (Å²) in [5.74, 6) is -0.603. The van der Waals surface area contributed by atoms with Crippen molar-refractivity contribution in [2.45, 2.75) is 13.8 Å². The zero-order valence-electron chi connectivity index (χ0n) is 13.4. The first kappa shape index (κ1) is 14.4. The smallest absolute Gasteiger partial charge is 0.266 e. The molecule has 2 heterocycles. The van der Waals surface area contributed by atoms with Crippen LogP contribution in [-0.4, -0.2) is 21.6 Å². The highest BCUT2D eigenvalue weighted by molar-refractivity contribution is 6.34. The SMILES string of the molecule is Cc1cc(C)n(-c2ccccc2N2C(=O)c3ccccc3C2=O)n1. The second-order valence-electron chi connectivity index (χ2n) is 5.82.